The molecule has 1 saturated heterocycles. The van der Waals surface area contributed by atoms with Crippen LogP contribution in [0.15, 0.2) is 0 Å². The first-order valence-electron chi connectivity index (χ1n) is 8.34. The highest BCUT2D eigenvalue weighted by molar-refractivity contribution is 4.97. The fourth-order valence-corrected chi connectivity index (χ4v) is 1.67. The SMILES string of the molecule is FC(F)(COCC1CO1)OC(F)(F)C(F)(F)OC(F)(F)C(F)(F)OC(F)(F)C(F)(F)C(F)(F)C(F)(F)F. The van der Waals surface area contributed by atoms with Crippen molar-refractivity contribution in [3.63, 3.8) is 0 Å². The lowest BCUT2D eigenvalue weighted by Crippen LogP contribution is -2.65. The molecule has 37 heavy (non-hydrogen) atoms. The number of epoxide rings is 1. The summed E-state index contributed by atoms with van der Waals surface area (Å²) in [6.07, 6.45) is -52.2. The van der Waals surface area contributed by atoms with Gasteiger partial charge in [-0.05, 0) is 0 Å². The predicted molar refractivity (Wildman–Crippen MR) is 69.4 cm³/mol. The minimum absolute atomic E-state index is 0.0707. The molecule has 0 N–H and O–H groups in total. The Kier molecular flexibility index (Phi) is 8.68. The van der Waals surface area contributed by atoms with Crippen molar-refractivity contribution >= 4 is 0 Å². The van der Waals surface area contributed by atoms with Gasteiger partial charge in [0.2, 0.25) is 0 Å². The molecule has 5 nitrogen and oxygen atoms in total. The number of hydrogen-bond acceptors (Lipinski definition) is 5. The van der Waals surface area contributed by atoms with Gasteiger partial charge in [0.05, 0.1) is 13.2 Å². The Labute approximate surface area is 189 Å². The smallest absolute Gasteiger partial charge is 0.371 e. The fraction of sp³-hybridized carbons (Fsp3) is 1.00. The van der Waals surface area contributed by atoms with Crippen LogP contribution in [0.4, 0.5) is 83.4 Å². The van der Waals surface area contributed by atoms with Crippen molar-refractivity contribution < 1.29 is 107 Å². The molecule has 222 valence electrons. The predicted octanol–water partition coefficient (Wildman–Crippen LogP) is 5.84. The number of hydrogen-bond donors (Lipinski definition) is 0. The second-order valence-corrected chi connectivity index (χ2v) is 6.64. The maximum absolute atomic E-state index is 13.3. The van der Waals surface area contributed by atoms with E-state index in [1.165, 1.54) is 9.47 Å². The van der Waals surface area contributed by atoms with Gasteiger partial charge in [-0.1, -0.05) is 0 Å². The molecule has 1 aliphatic heterocycles. The summed E-state index contributed by atoms with van der Waals surface area (Å²) in [5.41, 5.74) is 0. The molecule has 0 aliphatic carbocycles. The lowest BCUT2D eigenvalue weighted by atomic mass is 10.1. The highest BCUT2D eigenvalue weighted by atomic mass is 19.4. The molecule has 1 fully saturated rings. The van der Waals surface area contributed by atoms with Gasteiger partial charge >= 0.3 is 54.7 Å². The Morgan fingerprint density at radius 3 is 1.22 bits per heavy atom. The van der Waals surface area contributed by atoms with Crippen molar-refractivity contribution in [3.05, 3.63) is 0 Å². The number of alkyl halides is 19. The Bertz CT molecular complexity index is 790. The molecular formula is C13H7F19O5. The summed E-state index contributed by atoms with van der Waals surface area (Å²) >= 11 is 0. The molecule has 1 atom stereocenters. The van der Waals surface area contributed by atoms with Crippen molar-refractivity contribution in [1.29, 1.82) is 0 Å². The van der Waals surface area contributed by atoms with Crippen molar-refractivity contribution in [2.45, 2.75) is 60.8 Å². The first kappa shape index (κ1) is 33.5. The molecule has 0 saturated carbocycles. The quantitative estimate of drug-likeness (QED) is 0.184. The van der Waals surface area contributed by atoms with E-state index >= 15 is 0 Å². The van der Waals surface area contributed by atoms with E-state index < -0.39 is 74.0 Å². The molecule has 0 amide bonds. The molecule has 1 rings (SSSR count). The average molecular weight is 604 g/mol. The van der Waals surface area contributed by atoms with E-state index in [0.29, 0.717) is 0 Å². The van der Waals surface area contributed by atoms with E-state index in [0.717, 1.165) is 0 Å². The molecular weight excluding hydrogens is 597 g/mol. The van der Waals surface area contributed by atoms with E-state index in [4.69, 9.17) is 0 Å². The molecule has 0 bridgehead atoms. The van der Waals surface area contributed by atoms with E-state index in [1.54, 1.807) is 0 Å². The first-order valence-corrected chi connectivity index (χ1v) is 8.34. The van der Waals surface area contributed by atoms with Crippen LogP contribution >= 0.6 is 0 Å². The third kappa shape index (κ3) is 7.11. The average Bonchev–Trinajstić information content (AvgIpc) is 3.41. The van der Waals surface area contributed by atoms with E-state index in [-0.39, 0.29) is 6.61 Å². The summed E-state index contributed by atoms with van der Waals surface area (Å²) in [6.45, 7) is -3.17. The molecule has 0 aromatic rings. The molecule has 24 heteroatoms. The van der Waals surface area contributed by atoms with Crippen LogP contribution in [0.1, 0.15) is 0 Å². The van der Waals surface area contributed by atoms with Crippen LogP contribution in [0.3, 0.4) is 0 Å². The van der Waals surface area contributed by atoms with Crippen LogP contribution in [0.5, 0.6) is 0 Å². The highest BCUT2D eigenvalue weighted by Crippen LogP contribution is 2.56. The monoisotopic (exact) mass is 604 g/mol. The zero-order valence-electron chi connectivity index (χ0n) is 16.4. The van der Waals surface area contributed by atoms with Crippen LogP contribution in [0.25, 0.3) is 0 Å². The van der Waals surface area contributed by atoms with Gasteiger partial charge in [-0.15, -0.1) is 0 Å². The lowest BCUT2D eigenvalue weighted by molar-refractivity contribution is -0.569. The molecule has 0 radical (unpaired) electrons. The Hall–Kier alpha value is -1.53. The highest BCUT2D eigenvalue weighted by Gasteiger charge is 2.85. The molecule has 1 heterocycles. The Morgan fingerprint density at radius 1 is 0.514 bits per heavy atom. The molecule has 1 unspecified atom stereocenters. The number of rotatable bonds is 14. The van der Waals surface area contributed by atoms with E-state index in [1.807, 2.05) is 0 Å². The largest absolute Gasteiger partial charge is 0.460 e. The van der Waals surface area contributed by atoms with E-state index in [9.17, 15) is 83.4 Å². The molecule has 1 aliphatic rings. The summed E-state index contributed by atoms with van der Waals surface area (Å²) in [5, 5.41) is 0. The van der Waals surface area contributed by atoms with Gasteiger partial charge in [0.1, 0.15) is 12.7 Å². The summed E-state index contributed by atoms with van der Waals surface area (Å²) in [7, 11) is 0. The minimum Gasteiger partial charge on any atom is -0.371 e. The Morgan fingerprint density at radius 2 is 0.865 bits per heavy atom. The van der Waals surface area contributed by atoms with Gasteiger partial charge in [-0.2, -0.15) is 83.4 Å². The minimum atomic E-state index is -8.17. The van der Waals surface area contributed by atoms with Crippen LogP contribution in [-0.2, 0) is 23.7 Å². The fourth-order valence-electron chi connectivity index (χ4n) is 1.67. The van der Waals surface area contributed by atoms with Gasteiger partial charge in [0, 0.05) is 0 Å². The third-order valence-corrected chi connectivity index (χ3v) is 3.56. The van der Waals surface area contributed by atoms with Crippen molar-refractivity contribution in [2.24, 2.45) is 0 Å². The second kappa shape index (κ2) is 9.59. The van der Waals surface area contributed by atoms with Crippen LogP contribution < -0.4 is 0 Å². The number of ether oxygens (including phenoxy) is 5. The van der Waals surface area contributed by atoms with Crippen molar-refractivity contribution in [3.8, 4) is 0 Å². The topological polar surface area (TPSA) is 49.5 Å². The van der Waals surface area contributed by atoms with Gasteiger partial charge in [0.25, 0.3) is 0 Å². The zero-order chi connectivity index (χ0) is 29.7. The first-order chi connectivity index (χ1) is 15.9. The zero-order valence-corrected chi connectivity index (χ0v) is 16.4. The normalized spacial score (nSPS) is 19.4. The summed E-state index contributed by atoms with van der Waals surface area (Å²) in [5.74, 6) is -16.2. The Balaban J connectivity index is 3.10. The molecule has 0 aromatic carbocycles. The van der Waals surface area contributed by atoms with Crippen LogP contribution in [0.2, 0.25) is 0 Å². The summed E-state index contributed by atoms with van der Waals surface area (Å²) < 4.78 is 258. The third-order valence-electron chi connectivity index (χ3n) is 3.56. The van der Waals surface area contributed by atoms with Crippen molar-refractivity contribution in [2.75, 3.05) is 19.8 Å². The molecule has 0 aromatic heterocycles. The van der Waals surface area contributed by atoms with Crippen LogP contribution in [-0.4, -0.2) is 80.6 Å². The van der Waals surface area contributed by atoms with Gasteiger partial charge in [0.15, 0.2) is 0 Å². The maximum atomic E-state index is 13.3. The van der Waals surface area contributed by atoms with Gasteiger partial charge in [-0.25, -0.2) is 14.2 Å². The van der Waals surface area contributed by atoms with E-state index in [2.05, 4.69) is 14.2 Å². The summed E-state index contributed by atoms with van der Waals surface area (Å²) in [6, 6.07) is 0. The summed E-state index contributed by atoms with van der Waals surface area (Å²) in [4.78, 5) is 0. The standard InChI is InChI=1S/C13H7F19O5/c14-5(15,3-33-1-4-2-34-4)35-10(25,26)11(27,28)37-13(31,32)12(29,30)36-9(23,24)7(18,19)6(16,17)8(20,21)22/h4H,1-3H2. The number of halogens is 19. The molecule has 0 spiro atoms. The second-order valence-electron chi connectivity index (χ2n) is 6.64. The lowest BCUT2D eigenvalue weighted by Gasteiger charge is -2.37. The van der Waals surface area contributed by atoms with Gasteiger partial charge in [-0.3, -0.25) is 0 Å². The van der Waals surface area contributed by atoms with Crippen LogP contribution in [0, 0.1) is 0 Å². The maximum Gasteiger partial charge on any atom is 0.460 e. The van der Waals surface area contributed by atoms with Gasteiger partial charge < -0.3 is 9.47 Å². The van der Waals surface area contributed by atoms with Crippen molar-refractivity contribution in [1.82, 2.24) is 0 Å².